The molecule has 60 heavy (non-hydrogen) atoms. The number of amides is 3. The lowest BCUT2D eigenvalue weighted by Gasteiger charge is -2.28. The molecule has 0 aliphatic rings. The lowest BCUT2D eigenvalue weighted by Crippen LogP contribution is -2.46. The lowest BCUT2D eigenvalue weighted by molar-refractivity contribution is -0.136. The van der Waals surface area contributed by atoms with Crippen LogP contribution in [0.2, 0.25) is 18.1 Å². The summed E-state index contributed by atoms with van der Waals surface area (Å²) in [4.78, 5) is 37.9. The van der Waals surface area contributed by atoms with Gasteiger partial charge < -0.3 is 55.0 Å². The molecule has 0 saturated carbocycles. The van der Waals surface area contributed by atoms with Crippen LogP contribution in [0, 0.1) is 11.3 Å². The molecule has 0 fully saturated rings. The highest BCUT2D eigenvalue weighted by Crippen LogP contribution is 2.26. The highest BCUT2D eigenvalue weighted by Gasteiger charge is 2.40. The maximum atomic E-state index is 12.0. The molecule has 0 rings (SSSR count). The van der Waals surface area contributed by atoms with Crippen molar-refractivity contribution >= 4 is 79.4 Å². The van der Waals surface area contributed by atoms with Crippen LogP contribution >= 0.6 is 35.3 Å². The monoisotopic (exact) mass is 969 g/mol. The average molecular weight is 971 g/mol. The summed E-state index contributed by atoms with van der Waals surface area (Å²) in [7, 11) is 9.63. The zero-order valence-electron chi connectivity index (χ0n) is 40.8. The average Bonchev–Trinajstić information content (AvgIpc) is 3.20. The standard InChI is InChI=1S/C15H33NO4SSi.C13H29NO4SSi.C11H25NO4SSi/c1-7-18-22(19-8-2,20-9-3)12-10-11-21-13-14(4)15(17)16(5)6;1-13(2,12(15)14(3)4)11-19-9-8-10-20(16-5,17-6)18-7;1-10(12-11(2)13)9-17-7-6-8-18(14-3,15-4)16-5/h14H,7-13H2,1-6H3;8-11H2,1-7H3;10H,6-9H2,1-5H3,(H,12,13). The molecule has 0 aliphatic heterocycles. The molecule has 0 heterocycles. The van der Waals surface area contributed by atoms with Crippen molar-refractivity contribution in [2.24, 2.45) is 11.3 Å². The van der Waals surface area contributed by atoms with Crippen LogP contribution in [0.3, 0.4) is 0 Å². The summed E-state index contributed by atoms with van der Waals surface area (Å²) >= 11 is 5.41. The van der Waals surface area contributed by atoms with Gasteiger partial charge in [0.2, 0.25) is 17.7 Å². The van der Waals surface area contributed by atoms with Gasteiger partial charge in [-0.1, -0.05) is 20.8 Å². The van der Waals surface area contributed by atoms with Gasteiger partial charge in [-0.15, -0.1) is 0 Å². The van der Waals surface area contributed by atoms with Crippen molar-refractivity contribution < 1.29 is 54.2 Å². The summed E-state index contributed by atoms with van der Waals surface area (Å²) < 4.78 is 49.7. The minimum atomic E-state index is -2.50. The van der Waals surface area contributed by atoms with Gasteiger partial charge in [-0.3, -0.25) is 14.4 Å². The van der Waals surface area contributed by atoms with E-state index in [-0.39, 0.29) is 35.1 Å². The molecule has 360 valence electrons. The normalized spacial score (nSPS) is 13.0. The Bertz CT molecular complexity index is 1070. The van der Waals surface area contributed by atoms with E-state index in [2.05, 4.69) is 5.32 Å². The Kier molecular flexibility index (Phi) is 39.5. The Labute approximate surface area is 382 Å². The van der Waals surface area contributed by atoms with Crippen LogP contribution in [0.5, 0.6) is 0 Å². The molecule has 0 aliphatic carbocycles. The van der Waals surface area contributed by atoms with Gasteiger partial charge in [0.1, 0.15) is 0 Å². The number of rotatable bonds is 33. The molecule has 0 aromatic rings. The predicted octanol–water partition coefficient (Wildman–Crippen LogP) is 6.50. The molecular weight excluding hydrogens is 883 g/mol. The van der Waals surface area contributed by atoms with Crippen LogP contribution in [-0.2, 0) is 54.2 Å². The molecule has 0 bridgehead atoms. The van der Waals surface area contributed by atoms with Crippen LogP contribution in [0.25, 0.3) is 0 Å². The van der Waals surface area contributed by atoms with E-state index >= 15 is 0 Å². The molecule has 0 radical (unpaired) electrons. The fourth-order valence-electron chi connectivity index (χ4n) is 5.70. The molecule has 15 nitrogen and oxygen atoms in total. The molecule has 0 spiro atoms. The van der Waals surface area contributed by atoms with E-state index < -0.39 is 26.4 Å². The Morgan fingerprint density at radius 3 is 1.30 bits per heavy atom. The maximum Gasteiger partial charge on any atom is 0.500 e. The molecule has 0 aromatic heterocycles. The Morgan fingerprint density at radius 1 is 0.600 bits per heavy atom. The van der Waals surface area contributed by atoms with Crippen LogP contribution in [0.4, 0.5) is 0 Å². The third-order valence-electron chi connectivity index (χ3n) is 8.77. The zero-order valence-corrected chi connectivity index (χ0v) is 46.2. The maximum absolute atomic E-state index is 12.0. The molecular formula is C39H87N3O12S3Si3. The first-order chi connectivity index (χ1) is 28.2. The second kappa shape index (κ2) is 37.0. The van der Waals surface area contributed by atoms with Crippen molar-refractivity contribution in [3.63, 3.8) is 0 Å². The predicted molar refractivity (Wildman–Crippen MR) is 258 cm³/mol. The second-order valence-corrected chi connectivity index (χ2v) is 27.2. The summed E-state index contributed by atoms with van der Waals surface area (Å²) in [6, 6.07) is 2.66. The highest BCUT2D eigenvalue weighted by atomic mass is 32.2. The van der Waals surface area contributed by atoms with Crippen molar-refractivity contribution in [2.45, 2.75) is 98.8 Å². The van der Waals surface area contributed by atoms with Crippen molar-refractivity contribution in [3.05, 3.63) is 0 Å². The zero-order chi connectivity index (χ0) is 46.8. The van der Waals surface area contributed by atoms with Crippen LogP contribution in [0.1, 0.15) is 74.7 Å². The molecule has 2 unspecified atom stereocenters. The van der Waals surface area contributed by atoms with Crippen molar-refractivity contribution in [3.8, 4) is 0 Å². The van der Waals surface area contributed by atoms with E-state index in [0.717, 1.165) is 71.9 Å². The number of carbonyl (C=O) groups excluding carboxylic acids is 3. The minimum Gasteiger partial charge on any atom is -0.377 e. The summed E-state index contributed by atoms with van der Waals surface area (Å²) in [6.07, 6.45) is 2.93. The Hall–Kier alpha value is -0.249. The summed E-state index contributed by atoms with van der Waals surface area (Å²) in [6.45, 7) is 17.3. The van der Waals surface area contributed by atoms with E-state index in [1.807, 2.05) is 72.0 Å². The quantitative estimate of drug-likeness (QED) is 0.0563. The first-order valence-electron chi connectivity index (χ1n) is 20.8. The number of nitrogens with one attached hydrogen (secondary N) is 1. The lowest BCUT2D eigenvalue weighted by atomic mass is 9.95. The Morgan fingerprint density at radius 2 is 0.967 bits per heavy atom. The molecule has 0 aromatic carbocycles. The van der Waals surface area contributed by atoms with Gasteiger partial charge in [0.25, 0.3) is 0 Å². The second-order valence-electron chi connectivity index (χ2n) is 14.9. The van der Waals surface area contributed by atoms with Gasteiger partial charge in [-0.05, 0) is 64.2 Å². The molecule has 2 atom stereocenters. The number of thioether (sulfide) groups is 3. The largest absolute Gasteiger partial charge is 0.500 e. The molecule has 1 N–H and O–H groups in total. The van der Waals surface area contributed by atoms with Crippen molar-refractivity contribution in [1.82, 2.24) is 15.1 Å². The third-order valence-corrected chi connectivity index (χ3v) is 21.7. The minimum absolute atomic E-state index is 0.0210. The summed E-state index contributed by atoms with van der Waals surface area (Å²) in [5.41, 5.74) is -0.327. The third kappa shape index (κ3) is 29.2. The fraction of sp³-hybridized carbons (Fsp3) is 0.923. The fourth-order valence-corrected chi connectivity index (χ4v) is 15.6. The number of hydrogen-bond donors (Lipinski definition) is 1. The van der Waals surface area contributed by atoms with Crippen LogP contribution in [0.15, 0.2) is 0 Å². The Balaban J connectivity index is -0.000000816. The first kappa shape index (κ1) is 64.0. The van der Waals surface area contributed by atoms with Crippen LogP contribution in [-0.4, -0.2) is 185 Å². The van der Waals surface area contributed by atoms with Crippen molar-refractivity contribution in [2.75, 3.05) is 125 Å². The highest BCUT2D eigenvalue weighted by molar-refractivity contribution is 7.99. The summed E-state index contributed by atoms with van der Waals surface area (Å²) in [5.74, 6) is 5.99. The smallest absolute Gasteiger partial charge is 0.377 e. The van der Waals surface area contributed by atoms with Gasteiger partial charge in [0.05, 0.1) is 5.41 Å². The van der Waals surface area contributed by atoms with E-state index in [4.69, 9.17) is 39.8 Å². The molecule has 0 saturated heterocycles. The van der Waals surface area contributed by atoms with Gasteiger partial charge in [0, 0.05) is 145 Å². The SMILES string of the molecule is CCO[Si](CCCSCC(C)C(=O)N(C)C)(OCC)OCC.CO[Si](CCCSCC(C)(C)C(=O)N(C)C)(OC)OC.CO[Si](CCCSCC(C)NC(C)=O)(OC)OC. The van der Waals surface area contributed by atoms with Gasteiger partial charge >= 0.3 is 26.4 Å². The van der Waals surface area contributed by atoms with Gasteiger partial charge in [0.15, 0.2) is 0 Å². The number of nitrogens with zero attached hydrogens (tertiary/aromatic N) is 2. The van der Waals surface area contributed by atoms with E-state index in [9.17, 15) is 14.4 Å². The number of hydrogen-bond acceptors (Lipinski definition) is 15. The van der Waals surface area contributed by atoms with Crippen molar-refractivity contribution in [1.29, 1.82) is 0 Å². The first-order valence-corrected chi connectivity index (χ1v) is 30.1. The van der Waals surface area contributed by atoms with Crippen LogP contribution < -0.4 is 5.32 Å². The molecule has 3 amide bonds. The van der Waals surface area contributed by atoms with E-state index in [0.29, 0.717) is 19.8 Å². The van der Waals surface area contributed by atoms with Gasteiger partial charge in [-0.2, -0.15) is 35.3 Å². The topological polar surface area (TPSA) is 153 Å². The summed E-state index contributed by atoms with van der Waals surface area (Å²) in [5, 5.41) is 2.86. The van der Waals surface area contributed by atoms with E-state index in [1.54, 1.807) is 92.4 Å². The van der Waals surface area contributed by atoms with Gasteiger partial charge in [-0.25, -0.2) is 0 Å². The molecule has 21 heteroatoms. The number of carbonyl (C=O) groups is 3. The van der Waals surface area contributed by atoms with E-state index in [1.165, 1.54) is 6.92 Å².